The molecular formula is C25H28N2O6S. The Kier molecular flexibility index (Phi) is 8.01. The predicted molar refractivity (Wildman–Crippen MR) is 130 cm³/mol. The van der Waals surface area contributed by atoms with Gasteiger partial charge in [0.25, 0.3) is 10.0 Å². The number of hydrogen-bond acceptors (Lipinski definition) is 6. The molecule has 3 rings (SSSR count). The molecule has 1 N–H and O–H groups in total. The van der Waals surface area contributed by atoms with Gasteiger partial charge < -0.3 is 19.5 Å². The van der Waals surface area contributed by atoms with Gasteiger partial charge in [-0.1, -0.05) is 30.3 Å². The highest BCUT2D eigenvalue weighted by Crippen LogP contribution is 2.31. The quantitative estimate of drug-likeness (QED) is 0.473. The van der Waals surface area contributed by atoms with Crippen LogP contribution in [0.2, 0.25) is 0 Å². The van der Waals surface area contributed by atoms with Crippen molar-refractivity contribution in [2.75, 3.05) is 32.2 Å². The molecule has 0 aliphatic rings. The van der Waals surface area contributed by atoms with Gasteiger partial charge in [-0.3, -0.25) is 9.10 Å². The number of nitrogens with zero attached hydrogens (tertiary/aromatic N) is 1. The first-order chi connectivity index (χ1) is 16.3. The lowest BCUT2D eigenvalue weighted by molar-refractivity contribution is -0.119. The Morgan fingerprint density at radius 3 is 2.06 bits per heavy atom. The van der Waals surface area contributed by atoms with E-state index in [9.17, 15) is 13.2 Å². The summed E-state index contributed by atoms with van der Waals surface area (Å²) < 4.78 is 44.5. The van der Waals surface area contributed by atoms with Crippen molar-refractivity contribution in [2.24, 2.45) is 0 Å². The number of nitrogens with one attached hydrogen (secondary N) is 1. The molecular weight excluding hydrogens is 456 g/mol. The summed E-state index contributed by atoms with van der Waals surface area (Å²) >= 11 is 0. The average Bonchev–Trinajstić information content (AvgIpc) is 2.86. The third kappa shape index (κ3) is 5.43. The number of sulfonamides is 1. The summed E-state index contributed by atoms with van der Waals surface area (Å²) in [6, 6.07) is 18.7. The standard InChI is InChI=1S/C25H28N2O6S/c1-18-13-14-23(33-4)24(15-18)34(29,30)27(19-9-6-5-7-10-19)17-25(28)26-16-20-21(31-2)11-8-12-22(20)32-3/h5-15H,16-17H2,1-4H3,(H,26,28). The topological polar surface area (TPSA) is 94.2 Å². The Bertz CT molecular complexity index is 1220. The van der Waals surface area contributed by atoms with Crippen LogP contribution in [-0.2, 0) is 21.4 Å². The normalized spacial score (nSPS) is 10.9. The van der Waals surface area contributed by atoms with E-state index in [0.717, 1.165) is 9.87 Å². The fraction of sp³-hybridized carbons (Fsp3) is 0.240. The first-order valence-electron chi connectivity index (χ1n) is 10.5. The van der Waals surface area contributed by atoms with Gasteiger partial charge in [-0.25, -0.2) is 8.42 Å². The van der Waals surface area contributed by atoms with Crippen molar-refractivity contribution >= 4 is 21.6 Å². The molecule has 0 heterocycles. The van der Waals surface area contributed by atoms with E-state index in [0.29, 0.717) is 22.7 Å². The van der Waals surface area contributed by atoms with Crippen molar-refractivity contribution in [2.45, 2.75) is 18.4 Å². The first kappa shape index (κ1) is 24.9. The summed E-state index contributed by atoms with van der Waals surface area (Å²) in [6.07, 6.45) is 0. The lowest BCUT2D eigenvalue weighted by Gasteiger charge is -2.25. The largest absolute Gasteiger partial charge is 0.496 e. The van der Waals surface area contributed by atoms with Crippen LogP contribution in [-0.4, -0.2) is 42.2 Å². The number of amides is 1. The molecule has 0 unspecified atom stereocenters. The van der Waals surface area contributed by atoms with Crippen LogP contribution in [0.1, 0.15) is 11.1 Å². The second-order valence-corrected chi connectivity index (χ2v) is 9.25. The molecule has 0 aromatic heterocycles. The minimum Gasteiger partial charge on any atom is -0.496 e. The van der Waals surface area contributed by atoms with Crippen LogP contribution in [0.4, 0.5) is 5.69 Å². The minimum atomic E-state index is -4.12. The molecule has 0 atom stereocenters. The van der Waals surface area contributed by atoms with Crippen molar-refractivity contribution in [1.82, 2.24) is 5.32 Å². The molecule has 34 heavy (non-hydrogen) atoms. The van der Waals surface area contributed by atoms with Gasteiger partial charge in [-0.2, -0.15) is 0 Å². The SMILES string of the molecule is COc1ccc(C)cc1S(=O)(=O)N(CC(=O)NCc1c(OC)cccc1OC)c1ccccc1. The summed E-state index contributed by atoms with van der Waals surface area (Å²) in [5.74, 6) is 0.811. The number of rotatable bonds is 10. The first-order valence-corrected chi connectivity index (χ1v) is 11.9. The molecule has 0 saturated heterocycles. The van der Waals surface area contributed by atoms with Crippen LogP contribution in [0.3, 0.4) is 0 Å². The third-order valence-electron chi connectivity index (χ3n) is 5.21. The highest BCUT2D eigenvalue weighted by Gasteiger charge is 2.30. The molecule has 8 nitrogen and oxygen atoms in total. The summed E-state index contributed by atoms with van der Waals surface area (Å²) in [6.45, 7) is 1.46. The van der Waals surface area contributed by atoms with Crippen LogP contribution in [0, 0.1) is 6.92 Å². The molecule has 1 amide bonds. The number of carbonyl (C=O) groups is 1. The van der Waals surface area contributed by atoms with Crippen molar-refractivity contribution in [3.8, 4) is 17.2 Å². The van der Waals surface area contributed by atoms with Crippen molar-refractivity contribution in [3.05, 3.63) is 77.9 Å². The molecule has 0 aliphatic heterocycles. The molecule has 180 valence electrons. The van der Waals surface area contributed by atoms with Gasteiger partial charge in [-0.05, 0) is 48.9 Å². The molecule has 9 heteroatoms. The van der Waals surface area contributed by atoms with Crippen LogP contribution < -0.4 is 23.8 Å². The number of methoxy groups -OCH3 is 3. The zero-order chi connectivity index (χ0) is 24.7. The smallest absolute Gasteiger partial charge is 0.268 e. The van der Waals surface area contributed by atoms with E-state index in [2.05, 4.69) is 5.32 Å². The van der Waals surface area contributed by atoms with Gasteiger partial charge in [0.1, 0.15) is 28.7 Å². The fourth-order valence-electron chi connectivity index (χ4n) is 3.49. The number of hydrogen-bond donors (Lipinski definition) is 1. The minimum absolute atomic E-state index is 0.0157. The third-order valence-corrected chi connectivity index (χ3v) is 7.01. The van der Waals surface area contributed by atoms with E-state index < -0.39 is 22.5 Å². The maximum Gasteiger partial charge on any atom is 0.268 e. The average molecular weight is 485 g/mol. The number of anilines is 1. The molecule has 0 radical (unpaired) electrons. The molecule has 0 saturated carbocycles. The van der Waals surface area contributed by atoms with Gasteiger partial charge in [0, 0.05) is 0 Å². The second-order valence-electron chi connectivity index (χ2n) is 7.42. The lowest BCUT2D eigenvalue weighted by atomic mass is 10.1. The maximum absolute atomic E-state index is 13.7. The zero-order valence-electron chi connectivity index (χ0n) is 19.6. The van der Waals surface area contributed by atoms with Crippen LogP contribution in [0.25, 0.3) is 0 Å². The lowest BCUT2D eigenvalue weighted by Crippen LogP contribution is -2.40. The monoisotopic (exact) mass is 484 g/mol. The summed E-state index contributed by atoms with van der Waals surface area (Å²) in [5, 5.41) is 2.78. The number of carbonyl (C=O) groups excluding carboxylic acids is 1. The maximum atomic E-state index is 13.7. The predicted octanol–water partition coefficient (Wildman–Crippen LogP) is 3.53. The van der Waals surface area contributed by atoms with E-state index in [1.165, 1.54) is 27.4 Å². The van der Waals surface area contributed by atoms with E-state index >= 15 is 0 Å². The number of ether oxygens (including phenoxy) is 3. The Labute approximate surface area is 200 Å². The highest BCUT2D eigenvalue weighted by atomic mass is 32.2. The molecule has 0 fully saturated rings. The Balaban J connectivity index is 1.92. The van der Waals surface area contributed by atoms with Gasteiger partial charge in [0.15, 0.2) is 0 Å². The van der Waals surface area contributed by atoms with E-state index in [-0.39, 0.29) is 17.2 Å². The molecule has 0 bridgehead atoms. The molecule has 0 spiro atoms. The number of benzene rings is 3. The zero-order valence-corrected chi connectivity index (χ0v) is 20.4. The van der Waals surface area contributed by atoms with Crippen molar-refractivity contribution < 1.29 is 27.4 Å². The van der Waals surface area contributed by atoms with Crippen molar-refractivity contribution in [1.29, 1.82) is 0 Å². The van der Waals surface area contributed by atoms with E-state index in [1.54, 1.807) is 67.6 Å². The van der Waals surface area contributed by atoms with Crippen molar-refractivity contribution in [3.63, 3.8) is 0 Å². The van der Waals surface area contributed by atoms with Crippen LogP contribution in [0.5, 0.6) is 17.2 Å². The van der Waals surface area contributed by atoms with Gasteiger partial charge in [0.2, 0.25) is 5.91 Å². The second kappa shape index (κ2) is 10.9. The highest BCUT2D eigenvalue weighted by molar-refractivity contribution is 7.93. The summed E-state index contributed by atoms with van der Waals surface area (Å²) in [5.41, 5.74) is 1.76. The fourth-order valence-corrected chi connectivity index (χ4v) is 5.15. The molecule has 0 aliphatic carbocycles. The van der Waals surface area contributed by atoms with Crippen LogP contribution in [0.15, 0.2) is 71.6 Å². The molecule has 3 aromatic carbocycles. The van der Waals surface area contributed by atoms with E-state index in [4.69, 9.17) is 14.2 Å². The van der Waals surface area contributed by atoms with Gasteiger partial charge >= 0.3 is 0 Å². The Hall–Kier alpha value is -3.72. The number of aryl methyl sites for hydroxylation is 1. The van der Waals surface area contributed by atoms with E-state index in [1.807, 2.05) is 0 Å². The molecule has 3 aromatic rings. The Morgan fingerprint density at radius 1 is 0.853 bits per heavy atom. The van der Waals surface area contributed by atoms with Gasteiger partial charge in [-0.15, -0.1) is 0 Å². The number of para-hydroxylation sites is 1. The Morgan fingerprint density at radius 2 is 1.47 bits per heavy atom. The summed E-state index contributed by atoms with van der Waals surface area (Å²) in [4.78, 5) is 13.0. The summed E-state index contributed by atoms with van der Waals surface area (Å²) in [7, 11) is 0.335. The van der Waals surface area contributed by atoms with Gasteiger partial charge in [0.05, 0.1) is 39.1 Å². The van der Waals surface area contributed by atoms with Crippen LogP contribution >= 0.6 is 0 Å².